The van der Waals surface area contributed by atoms with Crippen LogP contribution in [0.2, 0.25) is 0 Å². The van der Waals surface area contributed by atoms with Crippen LogP contribution in [0.5, 0.6) is 11.8 Å². The summed E-state index contributed by atoms with van der Waals surface area (Å²) in [6, 6.07) is 7.51. The summed E-state index contributed by atoms with van der Waals surface area (Å²) in [7, 11) is 1.41. The molecule has 0 aliphatic carbocycles. The first kappa shape index (κ1) is 35.0. The lowest BCUT2D eigenvalue weighted by Crippen LogP contribution is -2.55. The van der Waals surface area contributed by atoms with E-state index in [2.05, 4.69) is 15.9 Å². The molecule has 4 aromatic rings. The van der Waals surface area contributed by atoms with Gasteiger partial charge in [0, 0.05) is 56.0 Å². The number of nitriles is 1. The second kappa shape index (κ2) is 14.0. The molecule has 3 fully saturated rings. The van der Waals surface area contributed by atoms with E-state index in [1.807, 2.05) is 11.0 Å². The fraction of sp³-hybridized carbons (Fsp3) is 0.405. The number of carboxylic acid groups (broad SMARTS) is 1. The van der Waals surface area contributed by atoms with E-state index in [0.29, 0.717) is 18.4 Å². The minimum Gasteiger partial charge on any atom is -0.468 e. The highest BCUT2D eigenvalue weighted by atomic mass is 19.1. The lowest BCUT2D eigenvalue weighted by molar-refractivity contribution is 0.0512. The zero-order valence-electron chi connectivity index (χ0n) is 28.2. The van der Waals surface area contributed by atoms with Crippen LogP contribution in [-0.4, -0.2) is 102 Å². The Hall–Kier alpha value is -5.38. The Balaban J connectivity index is 1.41. The van der Waals surface area contributed by atoms with Gasteiger partial charge in [-0.25, -0.2) is 22.4 Å². The van der Waals surface area contributed by atoms with Crippen molar-refractivity contribution in [2.24, 2.45) is 0 Å². The summed E-state index contributed by atoms with van der Waals surface area (Å²) in [5, 5.41) is 19.6. The van der Waals surface area contributed by atoms with Gasteiger partial charge in [-0.15, -0.1) is 6.42 Å². The predicted molar refractivity (Wildman–Crippen MR) is 182 cm³/mol. The zero-order valence-corrected chi connectivity index (χ0v) is 28.2. The van der Waals surface area contributed by atoms with Crippen molar-refractivity contribution in [2.45, 2.75) is 43.4 Å². The maximum Gasteiger partial charge on any atom is 0.407 e. The van der Waals surface area contributed by atoms with Crippen molar-refractivity contribution in [1.29, 1.82) is 5.26 Å². The molecular weight excluding hydrogens is 684 g/mol. The van der Waals surface area contributed by atoms with E-state index in [1.165, 1.54) is 19.2 Å². The number of piperazine rings is 1. The van der Waals surface area contributed by atoms with Crippen molar-refractivity contribution < 1.29 is 41.7 Å². The molecule has 4 heterocycles. The first-order valence-electron chi connectivity index (χ1n) is 16.8. The zero-order chi connectivity index (χ0) is 36.7. The molecule has 52 heavy (non-hydrogen) atoms. The first-order chi connectivity index (χ1) is 25.1. The van der Waals surface area contributed by atoms with Crippen LogP contribution in [0.4, 0.5) is 28.2 Å². The fourth-order valence-corrected chi connectivity index (χ4v) is 7.90. The van der Waals surface area contributed by atoms with Crippen LogP contribution in [0.3, 0.4) is 0 Å². The molecule has 0 unspecified atom stereocenters. The predicted octanol–water partition coefficient (Wildman–Crippen LogP) is 5.87. The van der Waals surface area contributed by atoms with Gasteiger partial charge in [-0.3, -0.25) is 4.90 Å². The van der Waals surface area contributed by atoms with Gasteiger partial charge in [-0.1, -0.05) is 12.0 Å². The number of methoxy groups -OCH3 is 1. The molecule has 3 aliphatic rings. The number of aromatic nitrogens is 2. The largest absolute Gasteiger partial charge is 0.468 e. The van der Waals surface area contributed by atoms with Crippen LogP contribution in [0, 0.1) is 41.1 Å². The summed E-state index contributed by atoms with van der Waals surface area (Å²) in [6.45, 7) is 0.889. The Morgan fingerprint density at radius 3 is 2.69 bits per heavy atom. The third-order valence-electron chi connectivity index (χ3n) is 10.2. The van der Waals surface area contributed by atoms with Gasteiger partial charge in [0.1, 0.15) is 41.5 Å². The van der Waals surface area contributed by atoms with Crippen molar-refractivity contribution >= 4 is 33.6 Å². The maximum atomic E-state index is 17.2. The van der Waals surface area contributed by atoms with Gasteiger partial charge in [0.15, 0.2) is 12.6 Å². The Morgan fingerprint density at radius 1 is 1.12 bits per heavy atom. The standard InChI is InChI=1S/C37H34F4N6O5/c1-3-25-28(39)6-5-21-13-24(52-20-50-2)14-26(30(21)25)31-29(40)15-27-33(32(31)41)43-35(51-19-37-8-4-10-46(37)17-22(38)16-37)44-34(27)45-11-12-47(36(48)49)23(18-45)7-9-42/h1,5-6,13-15,22-23H,4,7-8,10-12,16-20H2,2H3,(H,48,49)/t22-,23+,37+/m1/s1. The second-order valence-corrected chi connectivity index (χ2v) is 13.3. The molecule has 0 saturated carbocycles. The van der Waals surface area contributed by atoms with E-state index < -0.39 is 46.9 Å². The summed E-state index contributed by atoms with van der Waals surface area (Å²) in [6.07, 6.45) is 5.14. The van der Waals surface area contributed by atoms with Crippen LogP contribution in [0.1, 0.15) is 31.2 Å². The number of anilines is 1. The van der Waals surface area contributed by atoms with Gasteiger partial charge in [-0.2, -0.15) is 15.2 Å². The Kier molecular flexibility index (Phi) is 9.42. The number of fused-ring (bicyclic) bond motifs is 3. The first-order valence-corrected chi connectivity index (χ1v) is 16.8. The number of terminal acetylenes is 1. The van der Waals surface area contributed by atoms with Crippen LogP contribution < -0.4 is 14.4 Å². The summed E-state index contributed by atoms with van der Waals surface area (Å²) in [5.74, 6) is -0.393. The van der Waals surface area contributed by atoms with Gasteiger partial charge < -0.3 is 29.1 Å². The minimum atomic E-state index is -1.20. The molecule has 3 aromatic carbocycles. The van der Waals surface area contributed by atoms with Gasteiger partial charge in [-0.05, 0) is 49.0 Å². The number of rotatable bonds is 9. The van der Waals surface area contributed by atoms with E-state index in [0.717, 1.165) is 23.5 Å². The molecule has 3 saturated heterocycles. The summed E-state index contributed by atoms with van der Waals surface area (Å²) in [4.78, 5) is 25.8. The van der Waals surface area contributed by atoms with Crippen molar-refractivity contribution in [3.8, 4) is 41.3 Å². The second-order valence-electron chi connectivity index (χ2n) is 13.3. The average molecular weight is 719 g/mol. The Labute approximate surface area is 296 Å². The van der Waals surface area contributed by atoms with Crippen LogP contribution in [-0.2, 0) is 4.74 Å². The highest BCUT2D eigenvalue weighted by Crippen LogP contribution is 2.43. The lowest BCUT2D eigenvalue weighted by Gasteiger charge is -2.40. The number of nitrogens with zero attached hydrogens (tertiary/aromatic N) is 6. The maximum absolute atomic E-state index is 17.2. The van der Waals surface area contributed by atoms with E-state index in [1.54, 1.807) is 11.0 Å². The molecule has 1 N–H and O–H groups in total. The molecule has 11 nitrogen and oxygen atoms in total. The smallest absolute Gasteiger partial charge is 0.407 e. The van der Waals surface area contributed by atoms with Crippen molar-refractivity contribution in [3.05, 3.63) is 53.3 Å². The molecule has 3 aliphatic heterocycles. The number of hydrogen-bond donors (Lipinski definition) is 1. The van der Waals surface area contributed by atoms with Gasteiger partial charge >= 0.3 is 12.1 Å². The van der Waals surface area contributed by atoms with E-state index in [9.17, 15) is 19.6 Å². The Bertz CT molecular complexity index is 2160. The van der Waals surface area contributed by atoms with Gasteiger partial charge in [0.25, 0.3) is 0 Å². The number of amides is 1. The van der Waals surface area contributed by atoms with Crippen molar-refractivity contribution in [3.63, 3.8) is 0 Å². The van der Waals surface area contributed by atoms with Crippen LogP contribution >= 0.6 is 0 Å². The molecule has 1 amide bonds. The number of halogens is 4. The number of hydrogen-bond acceptors (Lipinski definition) is 9. The molecule has 0 radical (unpaired) electrons. The topological polar surface area (TPSA) is 124 Å². The number of carbonyl (C=O) groups is 1. The Morgan fingerprint density at radius 2 is 1.94 bits per heavy atom. The van der Waals surface area contributed by atoms with E-state index in [4.69, 9.17) is 20.6 Å². The van der Waals surface area contributed by atoms with Crippen LogP contribution in [0.25, 0.3) is 32.8 Å². The van der Waals surface area contributed by atoms with Gasteiger partial charge in [0.2, 0.25) is 0 Å². The molecular formula is C37H34F4N6O5. The number of ether oxygens (including phenoxy) is 3. The van der Waals surface area contributed by atoms with Crippen molar-refractivity contribution in [2.75, 3.05) is 58.1 Å². The summed E-state index contributed by atoms with van der Waals surface area (Å²) >= 11 is 0. The summed E-state index contributed by atoms with van der Waals surface area (Å²) < 4.78 is 80.1. The third-order valence-corrected chi connectivity index (χ3v) is 10.2. The minimum absolute atomic E-state index is 0.00796. The molecule has 7 rings (SSSR count). The fourth-order valence-electron chi connectivity index (χ4n) is 7.90. The molecule has 3 atom stereocenters. The van der Waals surface area contributed by atoms with E-state index >= 15 is 13.2 Å². The quantitative estimate of drug-likeness (QED) is 0.128. The third kappa shape index (κ3) is 6.14. The van der Waals surface area contributed by atoms with Gasteiger partial charge in [0.05, 0.1) is 35.2 Å². The van der Waals surface area contributed by atoms with Crippen LogP contribution in [0.15, 0.2) is 30.3 Å². The molecule has 0 bridgehead atoms. The molecule has 270 valence electrons. The number of benzene rings is 3. The number of alkyl halides is 1. The molecule has 0 spiro atoms. The monoisotopic (exact) mass is 718 g/mol. The highest BCUT2D eigenvalue weighted by Gasteiger charge is 2.49. The molecule has 15 heteroatoms. The summed E-state index contributed by atoms with van der Waals surface area (Å²) in [5.41, 5.74) is -1.79. The van der Waals surface area contributed by atoms with E-state index in [-0.39, 0.29) is 97.4 Å². The average Bonchev–Trinajstić information content (AvgIpc) is 3.65. The highest BCUT2D eigenvalue weighted by molar-refractivity contribution is 6.04. The lowest BCUT2D eigenvalue weighted by atomic mass is 9.92. The van der Waals surface area contributed by atoms with Crippen molar-refractivity contribution in [1.82, 2.24) is 19.8 Å². The SMILES string of the molecule is C#Cc1c(F)ccc2cc(OCOC)cc(-c3c(F)cc4c(N5CCN(C(=O)O)[C@@H](CC#N)C5)nc(OC[C@@]56CCCN5C[C@H](F)C6)nc4c3F)c12. The molecule has 1 aromatic heterocycles. The normalized spacial score (nSPS) is 21.7.